The Morgan fingerprint density at radius 3 is 2.65 bits per heavy atom. The fraction of sp³-hybridized carbons (Fsp3) is 0.375. The second-order valence-electron chi connectivity index (χ2n) is 5.50. The molecular formula is C16H18F2N4O. The standard InChI is InChI=1S/C16H18F2N4O/c1-3-19-16-21-20-15(23-16)12-9-13(17)11(8-14(12)18)10-4-6-22(2)7-5-10/h4,8-9H,3,5-7H2,1-2H3,(H,19,21). The fourth-order valence-electron chi connectivity index (χ4n) is 2.53. The molecule has 0 unspecified atom stereocenters. The Balaban J connectivity index is 1.93. The van der Waals surface area contributed by atoms with Gasteiger partial charge in [-0.3, -0.25) is 0 Å². The highest BCUT2D eigenvalue weighted by Gasteiger charge is 2.19. The van der Waals surface area contributed by atoms with Crippen molar-refractivity contribution in [2.24, 2.45) is 0 Å². The molecule has 0 amide bonds. The van der Waals surface area contributed by atoms with Crippen LogP contribution in [0.25, 0.3) is 17.0 Å². The molecule has 0 aliphatic carbocycles. The normalized spacial score (nSPS) is 15.6. The minimum absolute atomic E-state index is 0.0311. The molecule has 0 bridgehead atoms. The number of rotatable bonds is 4. The lowest BCUT2D eigenvalue weighted by atomic mass is 9.97. The SMILES string of the molecule is CCNc1nnc(-c2cc(F)c(C3=CCN(C)CC3)cc2F)o1. The number of hydrogen-bond acceptors (Lipinski definition) is 5. The molecule has 0 fully saturated rings. The van der Waals surface area contributed by atoms with Crippen LogP contribution in [0.5, 0.6) is 0 Å². The monoisotopic (exact) mass is 320 g/mol. The molecule has 3 rings (SSSR count). The maximum Gasteiger partial charge on any atom is 0.315 e. The zero-order chi connectivity index (χ0) is 16.4. The van der Waals surface area contributed by atoms with Crippen LogP contribution in [-0.2, 0) is 0 Å². The summed E-state index contributed by atoms with van der Waals surface area (Å²) in [6, 6.07) is 2.51. The van der Waals surface area contributed by atoms with Crippen LogP contribution in [0.4, 0.5) is 14.8 Å². The molecule has 1 aromatic carbocycles. The van der Waals surface area contributed by atoms with Gasteiger partial charge in [0.05, 0.1) is 5.56 Å². The van der Waals surface area contributed by atoms with Gasteiger partial charge in [0.1, 0.15) is 11.6 Å². The van der Waals surface area contributed by atoms with Gasteiger partial charge in [0.15, 0.2) is 0 Å². The summed E-state index contributed by atoms with van der Waals surface area (Å²) in [7, 11) is 1.99. The molecule has 1 aromatic heterocycles. The molecule has 122 valence electrons. The summed E-state index contributed by atoms with van der Waals surface area (Å²) in [5.74, 6) is -1.10. The summed E-state index contributed by atoms with van der Waals surface area (Å²) in [6.45, 7) is 4.02. The highest BCUT2D eigenvalue weighted by molar-refractivity contribution is 5.70. The number of anilines is 1. The number of hydrogen-bond donors (Lipinski definition) is 1. The molecule has 0 saturated heterocycles. The first-order chi connectivity index (χ1) is 11.1. The third-order valence-electron chi connectivity index (χ3n) is 3.80. The quantitative estimate of drug-likeness (QED) is 0.938. The second-order valence-corrected chi connectivity index (χ2v) is 5.50. The Kier molecular flexibility index (Phi) is 4.38. The van der Waals surface area contributed by atoms with Crippen molar-refractivity contribution in [1.82, 2.24) is 15.1 Å². The third-order valence-corrected chi connectivity index (χ3v) is 3.80. The number of nitrogens with zero attached hydrogens (tertiary/aromatic N) is 3. The van der Waals surface area contributed by atoms with E-state index in [1.807, 2.05) is 20.0 Å². The Morgan fingerprint density at radius 1 is 1.22 bits per heavy atom. The van der Waals surface area contributed by atoms with Crippen molar-refractivity contribution < 1.29 is 13.2 Å². The lowest BCUT2D eigenvalue weighted by molar-refractivity contribution is 0.369. The molecule has 0 saturated carbocycles. The Morgan fingerprint density at radius 2 is 1.96 bits per heavy atom. The predicted molar refractivity (Wildman–Crippen MR) is 83.9 cm³/mol. The van der Waals surface area contributed by atoms with Gasteiger partial charge in [0.2, 0.25) is 0 Å². The molecule has 7 heteroatoms. The highest BCUT2D eigenvalue weighted by atomic mass is 19.1. The summed E-state index contributed by atoms with van der Waals surface area (Å²) >= 11 is 0. The molecule has 0 spiro atoms. The highest BCUT2D eigenvalue weighted by Crippen LogP contribution is 2.30. The average Bonchev–Trinajstić information content (AvgIpc) is 2.99. The minimum Gasteiger partial charge on any atom is -0.403 e. The first-order valence-electron chi connectivity index (χ1n) is 7.53. The van der Waals surface area contributed by atoms with E-state index in [0.717, 1.165) is 24.7 Å². The van der Waals surface area contributed by atoms with Crippen LogP contribution in [0, 0.1) is 11.6 Å². The van der Waals surface area contributed by atoms with E-state index in [9.17, 15) is 8.78 Å². The van der Waals surface area contributed by atoms with Crippen molar-refractivity contribution in [3.05, 3.63) is 35.4 Å². The van der Waals surface area contributed by atoms with Crippen LogP contribution in [0.3, 0.4) is 0 Å². The molecule has 1 aliphatic heterocycles. The number of halogens is 2. The van der Waals surface area contributed by atoms with E-state index in [-0.39, 0.29) is 17.5 Å². The summed E-state index contributed by atoms with van der Waals surface area (Å²) < 4.78 is 34.1. The Hall–Kier alpha value is -2.28. The van der Waals surface area contributed by atoms with Gasteiger partial charge in [-0.2, -0.15) is 0 Å². The molecule has 0 radical (unpaired) electrons. The molecule has 5 nitrogen and oxygen atoms in total. The van der Waals surface area contributed by atoms with Gasteiger partial charge in [0.25, 0.3) is 5.89 Å². The Bertz CT molecular complexity index is 742. The van der Waals surface area contributed by atoms with Crippen molar-refractivity contribution >= 4 is 11.6 Å². The topological polar surface area (TPSA) is 54.2 Å². The number of nitrogens with one attached hydrogen (secondary N) is 1. The van der Waals surface area contributed by atoms with Gasteiger partial charge < -0.3 is 14.6 Å². The average molecular weight is 320 g/mol. The molecule has 2 aromatic rings. The van der Waals surface area contributed by atoms with Gasteiger partial charge in [-0.25, -0.2) is 8.78 Å². The van der Waals surface area contributed by atoms with E-state index in [1.54, 1.807) is 0 Å². The van der Waals surface area contributed by atoms with Crippen molar-refractivity contribution in [3.63, 3.8) is 0 Å². The second kappa shape index (κ2) is 6.45. The van der Waals surface area contributed by atoms with E-state index < -0.39 is 11.6 Å². The smallest absolute Gasteiger partial charge is 0.315 e. The van der Waals surface area contributed by atoms with Gasteiger partial charge in [-0.05, 0) is 38.1 Å². The Labute approximate surface area is 133 Å². The van der Waals surface area contributed by atoms with E-state index in [0.29, 0.717) is 18.5 Å². The van der Waals surface area contributed by atoms with Crippen LogP contribution in [0.1, 0.15) is 18.9 Å². The van der Waals surface area contributed by atoms with Crippen LogP contribution in [0.2, 0.25) is 0 Å². The van der Waals surface area contributed by atoms with Crippen LogP contribution >= 0.6 is 0 Å². The minimum atomic E-state index is -0.576. The lowest BCUT2D eigenvalue weighted by Gasteiger charge is -2.22. The summed E-state index contributed by atoms with van der Waals surface area (Å²) in [5.41, 5.74) is 1.09. The van der Waals surface area contributed by atoms with Crippen LogP contribution < -0.4 is 5.32 Å². The van der Waals surface area contributed by atoms with Gasteiger partial charge in [-0.15, -0.1) is 5.10 Å². The number of likely N-dealkylation sites (N-methyl/N-ethyl adjacent to an activating group) is 1. The number of benzene rings is 1. The number of aromatic nitrogens is 2. The van der Waals surface area contributed by atoms with Crippen molar-refractivity contribution in [3.8, 4) is 11.5 Å². The van der Waals surface area contributed by atoms with Crippen LogP contribution in [0.15, 0.2) is 22.6 Å². The maximum atomic E-state index is 14.4. The fourth-order valence-corrected chi connectivity index (χ4v) is 2.53. The lowest BCUT2D eigenvalue weighted by Crippen LogP contribution is -2.23. The molecule has 2 heterocycles. The van der Waals surface area contributed by atoms with E-state index in [2.05, 4.69) is 20.4 Å². The van der Waals surface area contributed by atoms with E-state index >= 15 is 0 Å². The van der Waals surface area contributed by atoms with Gasteiger partial charge in [-0.1, -0.05) is 11.2 Å². The zero-order valence-electron chi connectivity index (χ0n) is 13.1. The van der Waals surface area contributed by atoms with Crippen LogP contribution in [-0.4, -0.2) is 41.8 Å². The van der Waals surface area contributed by atoms with E-state index in [4.69, 9.17) is 4.42 Å². The zero-order valence-corrected chi connectivity index (χ0v) is 13.1. The van der Waals surface area contributed by atoms with Crippen molar-refractivity contribution in [1.29, 1.82) is 0 Å². The molecule has 1 N–H and O–H groups in total. The summed E-state index contributed by atoms with van der Waals surface area (Å²) in [6.07, 6.45) is 2.62. The summed E-state index contributed by atoms with van der Waals surface area (Å²) in [4.78, 5) is 2.12. The molecular weight excluding hydrogens is 302 g/mol. The van der Waals surface area contributed by atoms with Gasteiger partial charge in [0, 0.05) is 25.2 Å². The molecule has 1 aliphatic rings. The molecule has 0 atom stereocenters. The van der Waals surface area contributed by atoms with Crippen molar-refractivity contribution in [2.75, 3.05) is 32.0 Å². The first-order valence-corrected chi connectivity index (χ1v) is 7.53. The van der Waals surface area contributed by atoms with Gasteiger partial charge >= 0.3 is 6.01 Å². The largest absolute Gasteiger partial charge is 0.403 e. The predicted octanol–water partition coefficient (Wildman–Crippen LogP) is 3.17. The third kappa shape index (κ3) is 3.24. The van der Waals surface area contributed by atoms with Crippen molar-refractivity contribution in [2.45, 2.75) is 13.3 Å². The summed E-state index contributed by atoms with van der Waals surface area (Å²) in [5, 5.41) is 10.3. The first kappa shape index (κ1) is 15.6. The maximum absolute atomic E-state index is 14.4. The molecule has 23 heavy (non-hydrogen) atoms. The van der Waals surface area contributed by atoms with E-state index in [1.165, 1.54) is 6.07 Å².